The Morgan fingerprint density at radius 3 is 2.58 bits per heavy atom. The van der Waals surface area contributed by atoms with Crippen molar-refractivity contribution in [2.75, 3.05) is 0 Å². The van der Waals surface area contributed by atoms with Crippen LogP contribution in [0.3, 0.4) is 0 Å². The predicted molar refractivity (Wildman–Crippen MR) is 129 cm³/mol. The van der Waals surface area contributed by atoms with Crippen LogP contribution in [0.1, 0.15) is 46.0 Å². The average molecular weight is 461 g/mol. The third-order valence-electron chi connectivity index (χ3n) is 5.67. The lowest BCUT2D eigenvalue weighted by Gasteiger charge is -2.14. The summed E-state index contributed by atoms with van der Waals surface area (Å²) >= 11 is 6.28. The number of carboxylic acids is 1. The minimum Gasteiger partial charge on any atom is -0.481 e. The van der Waals surface area contributed by atoms with Gasteiger partial charge in [-0.1, -0.05) is 76.9 Å². The second-order valence-electron chi connectivity index (χ2n) is 8.30. The Morgan fingerprint density at radius 1 is 1.03 bits per heavy atom. The molecule has 1 aromatic heterocycles. The largest absolute Gasteiger partial charge is 0.481 e. The topological polar surface area (TPSA) is 76.2 Å². The van der Waals surface area contributed by atoms with E-state index in [-0.39, 0.29) is 12.3 Å². The van der Waals surface area contributed by atoms with Crippen molar-refractivity contribution in [3.63, 3.8) is 0 Å². The van der Waals surface area contributed by atoms with Crippen molar-refractivity contribution < 1.29 is 14.4 Å². The van der Waals surface area contributed by atoms with Crippen LogP contribution in [0.15, 0.2) is 71.3 Å². The highest BCUT2D eigenvalue weighted by Gasteiger charge is 2.23. The zero-order valence-corrected chi connectivity index (χ0v) is 19.3. The summed E-state index contributed by atoms with van der Waals surface area (Å²) in [5, 5.41) is 13.9. The van der Waals surface area contributed by atoms with Crippen LogP contribution in [0.4, 0.5) is 0 Å². The van der Waals surface area contributed by atoms with Gasteiger partial charge in [-0.2, -0.15) is 4.98 Å². The molecule has 1 N–H and O–H groups in total. The first-order valence-corrected chi connectivity index (χ1v) is 11.2. The van der Waals surface area contributed by atoms with Crippen molar-refractivity contribution in [1.82, 2.24) is 10.1 Å². The third kappa shape index (κ3) is 5.68. The molecule has 0 aliphatic heterocycles. The zero-order chi connectivity index (χ0) is 23.4. The van der Waals surface area contributed by atoms with Crippen molar-refractivity contribution in [3.8, 4) is 11.4 Å². The van der Waals surface area contributed by atoms with Crippen LogP contribution < -0.4 is 0 Å². The summed E-state index contributed by atoms with van der Waals surface area (Å²) < 4.78 is 5.76. The lowest BCUT2D eigenvalue weighted by Crippen LogP contribution is -2.06. The average Bonchev–Trinajstić information content (AvgIpc) is 3.25. The first kappa shape index (κ1) is 22.7. The molecule has 4 rings (SSSR count). The second kappa shape index (κ2) is 10.0. The van der Waals surface area contributed by atoms with E-state index in [1.807, 2.05) is 55.5 Å². The van der Waals surface area contributed by atoms with Crippen LogP contribution in [0.5, 0.6) is 0 Å². The van der Waals surface area contributed by atoms with Gasteiger partial charge in [-0.3, -0.25) is 4.79 Å². The summed E-state index contributed by atoms with van der Waals surface area (Å²) in [6.07, 6.45) is 1.30. The van der Waals surface area contributed by atoms with Crippen molar-refractivity contribution in [1.29, 1.82) is 0 Å². The van der Waals surface area contributed by atoms with Crippen molar-refractivity contribution >= 4 is 17.6 Å². The van der Waals surface area contributed by atoms with Gasteiger partial charge in [-0.25, -0.2) is 0 Å². The molecule has 3 aromatic carbocycles. The van der Waals surface area contributed by atoms with E-state index in [2.05, 4.69) is 30.3 Å². The molecule has 0 fully saturated rings. The number of carboxylic acid groups (broad SMARTS) is 1. The van der Waals surface area contributed by atoms with Gasteiger partial charge in [-0.15, -0.1) is 0 Å². The predicted octanol–water partition coefficient (Wildman–Crippen LogP) is 6.40. The van der Waals surface area contributed by atoms with Gasteiger partial charge < -0.3 is 9.63 Å². The van der Waals surface area contributed by atoms with E-state index in [1.165, 1.54) is 11.1 Å². The smallest absolute Gasteiger partial charge is 0.303 e. The van der Waals surface area contributed by atoms with Crippen LogP contribution in [-0.2, 0) is 17.6 Å². The molecule has 0 bridgehead atoms. The minimum absolute atomic E-state index is 0.103. The van der Waals surface area contributed by atoms with Gasteiger partial charge >= 0.3 is 5.97 Å². The molecule has 0 spiro atoms. The summed E-state index contributed by atoms with van der Waals surface area (Å²) in [5.74, 6) is 0.105. The summed E-state index contributed by atoms with van der Waals surface area (Å²) in [6, 6.07) is 22.0. The summed E-state index contributed by atoms with van der Waals surface area (Å²) in [7, 11) is 0. The maximum absolute atomic E-state index is 10.9. The highest BCUT2D eigenvalue weighted by atomic mass is 35.5. The normalized spacial score (nSPS) is 12.0. The van der Waals surface area contributed by atoms with Crippen LogP contribution in [0.2, 0.25) is 5.02 Å². The fraction of sp³-hybridized carbons (Fsp3) is 0.222. The minimum atomic E-state index is -0.805. The van der Waals surface area contributed by atoms with E-state index in [9.17, 15) is 4.79 Å². The molecular weight excluding hydrogens is 436 g/mol. The van der Waals surface area contributed by atoms with E-state index >= 15 is 0 Å². The molecule has 5 nitrogen and oxygen atoms in total. The van der Waals surface area contributed by atoms with Gasteiger partial charge in [0.25, 0.3) is 0 Å². The van der Waals surface area contributed by atoms with E-state index in [0.717, 1.165) is 22.3 Å². The first-order valence-electron chi connectivity index (χ1n) is 10.9. The Balaban J connectivity index is 1.66. The zero-order valence-electron chi connectivity index (χ0n) is 18.6. The number of aliphatic carboxylic acids is 1. The van der Waals surface area contributed by atoms with Gasteiger partial charge in [0, 0.05) is 17.0 Å². The maximum Gasteiger partial charge on any atom is 0.303 e. The second-order valence-corrected chi connectivity index (χ2v) is 8.74. The molecule has 0 saturated carbocycles. The number of nitrogens with zero attached hydrogens (tertiary/aromatic N) is 2. The molecule has 6 heteroatoms. The molecule has 4 aromatic rings. The van der Waals surface area contributed by atoms with Crippen molar-refractivity contribution in [2.45, 2.75) is 39.0 Å². The molecular formula is C27H25ClN2O3. The number of benzene rings is 3. The number of aromatic nitrogens is 2. The highest BCUT2D eigenvalue weighted by molar-refractivity contribution is 6.30. The first-order chi connectivity index (χ1) is 15.9. The molecule has 168 valence electrons. The molecule has 1 atom stereocenters. The number of aryl methyl sites for hydroxylation is 3. The number of rotatable bonds is 8. The Hall–Kier alpha value is -3.44. The molecule has 0 amide bonds. The molecule has 1 unspecified atom stereocenters. The fourth-order valence-electron chi connectivity index (χ4n) is 4.02. The quantitative estimate of drug-likeness (QED) is 0.329. The highest BCUT2D eigenvalue weighted by Crippen LogP contribution is 2.31. The molecule has 0 saturated heterocycles. The lowest BCUT2D eigenvalue weighted by atomic mass is 9.91. The van der Waals surface area contributed by atoms with Crippen LogP contribution in [0, 0.1) is 13.8 Å². The van der Waals surface area contributed by atoms with E-state index in [4.69, 9.17) is 26.2 Å². The number of halogens is 1. The summed E-state index contributed by atoms with van der Waals surface area (Å²) in [5.41, 5.74) is 6.20. The molecule has 0 aliphatic carbocycles. The summed E-state index contributed by atoms with van der Waals surface area (Å²) in [4.78, 5) is 15.6. The standard InChI is InChI=1S/C27H25ClN2O3/c1-17-5-3-6-20(13-17)15-24(21-7-4-8-22(28)16-21)27-29-26(30-33-27)23-11-9-19(14-18(23)2)10-12-25(31)32/h3-9,11,13-14,16,24H,10,12,15H2,1-2H3,(H,31,32). The Labute approximate surface area is 198 Å². The van der Waals surface area contributed by atoms with Gasteiger partial charge in [0.1, 0.15) is 0 Å². The van der Waals surface area contributed by atoms with Crippen LogP contribution in [0.25, 0.3) is 11.4 Å². The summed E-state index contributed by atoms with van der Waals surface area (Å²) in [6.45, 7) is 4.04. The Bertz CT molecular complexity index is 1280. The van der Waals surface area contributed by atoms with Crippen LogP contribution in [-0.4, -0.2) is 21.2 Å². The van der Waals surface area contributed by atoms with Gasteiger partial charge in [0.15, 0.2) is 0 Å². The van der Waals surface area contributed by atoms with Gasteiger partial charge in [0.2, 0.25) is 11.7 Å². The monoisotopic (exact) mass is 460 g/mol. The van der Waals surface area contributed by atoms with Gasteiger partial charge in [0.05, 0.1) is 5.92 Å². The number of carbonyl (C=O) groups is 1. The van der Waals surface area contributed by atoms with Crippen molar-refractivity contribution in [3.05, 3.63) is 105 Å². The number of hydrogen-bond donors (Lipinski definition) is 1. The Morgan fingerprint density at radius 2 is 1.85 bits per heavy atom. The fourth-order valence-corrected chi connectivity index (χ4v) is 4.21. The SMILES string of the molecule is Cc1cccc(CC(c2cccc(Cl)c2)c2nc(-c3ccc(CCC(=O)O)cc3C)no2)c1. The molecule has 33 heavy (non-hydrogen) atoms. The number of hydrogen-bond acceptors (Lipinski definition) is 4. The van der Waals surface area contributed by atoms with E-state index in [1.54, 1.807) is 0 Å². The van der Waals surface area contributed by atoms with Crippen molar-refractivity contribution in [2.24, 2.45) is 0 Å². The third-order valence-corrected chi connectivity index (χ3v) is 5.91. The molecule has 1 heterocycles. The molecule has 0 aliphatic rings. The van der Waals surface area contributed by atoms with Gasteiger partial charge in [-0.05, 0) is 61.1 Å². The lowest BCUT2D eigenvalue weighted by molar-refractivity contribution is -0.136. The van der Waals surface area contributed by atoms with E-state index in [0.29, 0.717) is 29.6 Å². The Kier molecular flexibility index (Phi) is 6.90. The molecule has 0 radical (unpaired) electrons. The van der Waals surface area contributed by atoms with E-state index < -0.39 is 5.97 Å². The van der Waals surface area contributed by atoms with Crippen LogP contribution >= 0.6 is 11.6 Å². The maximum atomic E-state index is 10.9.